The average Bonchev–Trinajstić information content (AvgIpc) is 3.09. The third-order valence-corrected chi connectivity index (χ3v) is 5.08. The van der Waals surface area contributed by atoms with Gasteiger partial charge in [0.15, 0.2) is 5.65 Å². The van der Waals surface area contributed by atoms with Crippen LogP contribution < -0.4 is 15.0 Å². The minimum atomic E-state index is -0.515. The van der Waals surface area contributed by atoms with Gasteiger partial charge in [0, 0.05) is 18.8 Å². The van der Waals surface area contributed by atoms with E-state index < -0.39 is 5.82 Å². The van der Waals surface area contributed by atoms with Crippen LogP contribution in [-0.2, 0) is 0 Å². The summed E-state index contributed by atoms with van der Waals surface area (Å²) in [6.07, 6.45) is 3.20. The number of fused-ring (bicyclic) bond motifs is 2. The van der Waals surface area contributed by atoms with Gasteiger partial charge in [-0.2, -0.15) is 5.10 Å². The number of halogens is 2. The third-order valence-electron chi connectivity index (χ3n) is 4.70. The fourth-order valence-corrected chi connectivity index (χ4v) is 3.41. The van der Waals surface area contributed by atoms with E-state index in [2.05, 4.69) is 15.4 Å². The lowest BCUT2D eigenvalue weighted by atomic mass is 10.1. The second-order valence-electron chi connectivity index (χ2n) is 6.28. The molecule has 1 aromatic carbocycles. The van der Waals surface area contributed by atoms with E-state index in [9.17, 15) is 9.18 Å². The number of carbonyl (C=O) groups is 1. The molecule has 0 saturated carbocycles. The lowest BCUT2D eigenvalue weighted by Gasteiger charge is -2.28. The van der Waals surface area contributed by atoms with Crippen molar-refractivity contribution in [1.82, 2.24) is 19.9 Å². The Morgan fingerprint density at radius 2 is 2.19 bits per heavy atom. The summed E-state index contributed by atoms with van der Waals surface area (Å²) in [5, 5.41) is 6.95. The first-order chi connectivity index (χ1) is 13.0. The lowest BCUT2D eigenvalue weighted by Crippen LogP contribution is -2.28. The topological polar surface area (TPSA) is 71.8 Å². The fourth-order valence-electron chi connectivity index (χ4n) is 3.09. The largest absolute Gasteiger partial charge is 0.491 e. The molecule has 27 heavy (non-hydrogen) atoms. The van der Waals surface area contributed by atoms with E-state index in [0.717, 1.165) is 0 Å². The summed E-state index contributed by atoms with van der Waals surface area (Å²) in [5.41, 5.74) is 1.34. The van der Waals surface area contributed by atoms with E-state index in [0.29, 0.717) is 28.3 Å². The molecule has 1 aliphatic rings. The SMILES string of the molecule is C[C@@H]1c2c(ccc(F)c2Cl)OCCNC(=O)c2cnn3ccc(nc23)N1C. The van der Waals surface area contributed by atoms with Crippen LogP contribution in [-0.4, -0.2) is 40.7 Å². The molecule has 0 spiro atoms. The Balaban J connectivity index is 1.88. The Hall–Kier alpha value is -2.87. The van der Waals surface area contributed by atoms with Crippen molar-refractivity contribution in [1.29, 1.82) is 0 Å². The monoisotopic (exact) mass is 389 g/mol. The van der Waals surface area contributed by atoms with Gasteiger partial charge in [0.2, 0.25) is 0 Å². The predicted molar refractivity (Wildman–Crippen MR) is 99.0 cm³/mol. The zero-order chi connectivity index (χ0) is 19.1. The molecule has 1 N–H and O–H groups in total. The van der Waals surface area contributed by atoms with Gasteiger partial charge in [-0.3, -0.25) is 4.79 Å². The van der Waals surface area contributed by atoms with Crippen LogP contribution in [0.5, 0.6) is 5.75 Å². The van der Waals surface area contributed by atoms with Crippen LogP contribution in [0.4, 0.5) is 10.2 Å². The number of nitrogens with one attached hydrogen (secondary N) is 1. The Morgan fingerprint density at radius 1 is 1.37 bits per heavy atom. The van der Waals surface area contributed by atoms with E-state index in [1.165, 1.54) is 16.8 Å². The molecule has 1 atom stereocenters. The maximum absolute atomic E-state index is 14.1. The van der Waals surface area contributed by atoms with E-state index in [4.69, 9.17) is 16.3 Å². The molecule has 4 rings (SSSR count). The molecule has 0 radical (unpaired) electrons. The first kappa shape index (κ1) is 17.5. The van der Waals surface area contributed by atoms with Crippen LogP contribution in [0.1, 0.15) is 28.9 Å². The predicted octanol–water partition coefficient (Wildman–Crippen LogP) is 2.84. The highest BCUT2D eigenvalue weighted by Gasteiger charge is 2.24. The molecular weight excluding hydrogens is 373 g/mol. The number of rotatable bonds is 0. The number of benzene rings is 1. The number of anilines is 1. The molecule has 2 aromatic heterocycles. The third kappa shape index (κ3) is 2.95. The van der Waals surface area contributed by atoms with Gasteiger partial charge in [-0.1, -0.05) is 11.6 Å². The smallest absolute Gasteiger partial charge is 0.256 e. The highest BCUT2D eigenvalue weighted by molar-refractivity contribution is 6.31. The summed E-state index contributed by atoms with van der Waals surface area (Å²) in [4.78, 5) is 18.9. The van der Waals surface area contributed by atoms with Crippen LogP contribution in [0, 0.1) is 5.82 Å². The number of carbonyl (C=O) groups excluding carboxylic acids is 1. The van der Waals surface area contributed by atoms with Crippen LogP contribution in [0.25, 0.3) is 5.65 Å². The molecule has 0 saturated heterocycles. The van der Waals surface area contributed by atoms with Crippen LogP contribution >= 0.6 is 11.6 Å². The van der Waals surface area contributed by atoms with E-state index in [1.807, 2.05) is 18.9 Å². The lowest BCUT2D eigenvalue weighted by molar-refractivity contribution is 0.0948. The van der Waals surface area contributed by atoms with Crippen molar-refractivity contribution >= 4 is 29.0 Å². The molecule has 140 valence electrons. The van der Waals surface area contributed by atoms with Crippen molar-refractivity contribution in [2.75, 3.05) is 25.1 Å². The zero-order valence-corrected chi connectivity index (χ0v) is 15.5. The Bertz CT molecular complexity index is 1040. The number of aromatic nitrogens is 3. The van der Waals surface area contributed by atoms with Gasteiger partial charge in [0.1, 0.15) is 29.6 Å². The minimum Gasteiger partial charge on any atom is -0.491 e. The number of nitrogens with zero attached hydrogens (tertiary/aromatic N) is 4. The molecule has 9 heteroatoms. The normalized spacial score (nSPS) is 17.6. The zero-order valence-electron chi connectivity index (χ0n) is 14.7. The molecule has 7 nitrogen and oxygen atoms in total. The molecule has 3 aromatic rings. The van der Waals surface area contributed by atoms with Crippen molar-refractivity contribution in [2.45, 2.75) is 13.0 Å². The van der Waals surface area contributed by atoms with E-state index in [-0.39, 0.29) is 30.1 Å². The molecule has 0 aliphatic carbocycles. The summed E-state index contributed by atoms with van der Waals surface area (Å²) in [6.45, 7) is 2.38. The first-order valence-electron chi connectivity index (χ1n) is 8.43. The van der Waals surface area contributed by atoms with Gasteiger partial charge >= 0.3 is 0 Å². The summed E-state index contributed by atoms with van der Waals surface area (Å²) >= 11 is 6.26. The van der Waals surface area contributed by atoms with Crippen molar-refractivity contribution in [3.63, 3.8) is 0 Å². The van der Waals surface area contributed by atoms with Crippen molar-refractivity contribution < 1.29 is 13.9 Å². The van der Waals surface area contributed by atoms with E-state index >= 15 is 0 Å². The number of hydrogen-bond acceptors (Lipinski definition) is 5. The van der Waals surface area contributed by atoms with Gasteiger partial charge in [-0.25, -0.2) is 13.9 Å². The van der Waals surface area contributed by atoms with Gasteiger partial charge < -0.3 is 15.0 Å². The Kier molecular flexibility index (Phi) is 4.35. The van der Waals surface area contributed by atoms with Crippen LogP contribution in [0.3, 0.4) is 0 Å². The fraction of sp³-hybridized carbons (Fsp3) is 0.278. The van der Waals surface area contributed by atoms with Gasteiger partial charge in [-0.05, 0) is 25.1 Å². The van der Waals surface area contributed by atoms with Crippen molar-refractivity contribution in [3.8, 4) is 5.75 Å². The average molecular weight is 390 g/mol. The summed E-state index contributed by atoms with van der Waals surface area (Å²) in [6, 6.07) is 4.26. The van der Waals surface area contributed by atoms with Crippen LogP contribution in [0.15, 0.2) is 30.6 Å². The number of amides is 1. The maximum atomic E-state index is 14.1. The van der Waals surface area contributed by atoms with Crippen LogP contribution in [0.2, 0.25) is 5.02 Å². The molecule has 0 unspecified atom stereocenters. The number of ether oxygens (including phenoxy) is 1. The summed E-state index contributed by atoms with van der Waals surface area (Å²) in [7, 11) is 1.82. The van der Waals surface area contributed by atoms with Crippen molar-refractivity contribution in [2.24, 2.45) is 0 Å². The minimum absolute atomic E-state index is 0.0110. The second-order valence-corrected chi connectivity index (χ2v) is 6.65. The molecule has 2 bridgehead atoms. The standard InChI is InChI=1S/C18H17ClFN5O2/c1-10-15-13(4-3-12(20)16(15)19)27-8-6-21-18(26)11-9-22-25-7-5-14(24(10)2)23-17(11)25/h3-5,7,9-10H,6,8H2,1-2H3,(H,21,26)/t10-/m1/s1. The highest BCUT2D eigenvalue weighted by atomic mass is 35.5. The van der Waals surface area contributed by atoms with Crippen molar-refractivity contribution in [3.05, 3.63) is 52.6 Å². The maximum Gasteiger partial charge on any atom is 0.256 e. The summed E-state index contributed by atoms with van der Waals surface area (Å²) < 4.78 is 21.4. The van der Waals surface area contributed by atoms with Gasteiger partial charge in [-0.15, -0.1) is 0 Å². The molecule has 1 amide bonds. The molecule has 0 fully saturated rings. The molecular formula is C18H17ClFN5O2. The first-order valence-corrected chi connectivity index (χ1v) is 8.81. The number of hydrogen-bond donors (Lipinski definition) is 1. The van der Waals surface area contributed by atoms with E-state index in [1.54, 1.807) is 18.3 Å². The quantitative estimate of drug-likeness (QED) is 0.640. The highest BCUT2D eigenvalue weighted by Crippen LogP contribution is 2.38. The van der Waals surface area contributed by atoms with Gasteiger partial charge in [0.25, 0.3) is 5.91 Å². The molecule has 3 heterocycles. The Morgan fingerprint density at radius 3 is 3.00 bits per heavy atom. The Labute approximate surface area is 159 Å². The summed E-state index contributed by atoms with van der Waals surface area (Å²) in [5.74, 6) is 0.261. The second kappa shape index (κ2) is 6.70. The van der Waals surface area contributed by atoms with Gasteiger partial charge in [0.05, 0.1) is 23.8 Å². The molecule has 1 aliphatic heterocycles.